The van der Waals surface area contributed by atoms with Gasteiger partial charge >= 0.3 is 0 Å². The summed E-state index contributed by atoms with van der Waals surface area (Å²) in [5.74, 6) is -0.503. The standard InChI is InChI=1S/C21H17N3O2S/c1-14-6-5-9-17(12-14)23(16-7-3-2-4-8-16)24-19(25)11-10-15-13-18(20(22)26)27-21(15)24/h2-13H,1H3,(H2,22,26). The number of para-hydroxylation sites is 1. The zero-order valence-corrected chi connectivity index (χ0v) is 15.4. The SMILES string of the molecule is Cc1cccc(N(c2ccccc2)n2c(=O)ccc3cc(C(N)=O)sc32)c1. The first-order chi connectivity index (χ1) is 13.0. The minimum Gasteiger partial charge on any atom is -0.365 e. The van der Waals surface area contributed by atoms with Crippen molar-refractivity contribution in [2.75, 3.05) is 5.01 Å². The Morgan fingerprint density at radius 3 is 2.41 bits per heavy atom. The van der Waals surface area contributed by atoms with Gasteiger partial charge in [-0.3, -0.25) is 9.59 Å². The Morgan fingerprint density at radius 2 is 1.70 bits per heavy atom. The summed E-state index contributed by atoms with van der Waals surface area (Å²) in [5.41, 5.74) is 8.04. The first-order valence-corrected chi connectivity index (χ1v) is 9.24. The summed E-state index contributed by atoms with van der Waals surface area (Å²) in [5, 5.41) is 2.65. The molecule has 4 aromatic rings. The average molecular weight is 375 g/mol. The molecule has 2 N–H and O–H groups in total. The van der Waals surface area contributed by atoms with E-state index in [0.717, 1.165) is 22.3 Å². The molecule has 5 nitrogen and oxygen atoms in total. The van der Waals surface area contributed by atoms with Gasteiger partial charge in [0, 0.05) is 11.5 Å². The second-order valence-electron chi connectivity index (χ2n) is 6.21. The number of fused-ring (bicyclic) bond motifs is 1. The molecule has 134 valence electrons. The molecule has 0 saturated heterocycles. The third kappa shape index (κ3) is 3.11. The smallest absolute Gasteiger partial charge is 0.270 e. The molecule has 27 heavy (non-hydrogen) atoms. The van der Waals surface area contributed by atoms with Crippen molar-refractivity contribution in [3.8, 4) is 0 Å². The maximum Gasteiger partial charge on any atom is 0.270 e. The fraction of sp³-hybridized carbons (Fsp3) is 0.0476. The number of hydrogen-bond donors (Lipinski definition) is 1. The summed E-state index contributed by atoms with van der Waals surface area (Å²) in [6.45, 7) is 2.01. The molecule has 4 rings (SSSR count). The van der Waals surface area contributed by atoms with Gasteiger partial charge in [0.1, 0.15) is 4.83 Å². The number of nitrogens with zero attached hydrogens (tertiary/aromatic N) is 2. The highest BCUT2D eigenvalue weighted by Crippen LogP contribution is 2.31. The molecular formula is C21H17N3O2S. The Bertz CT molecular complexity index is 1200. The van der Waals surface area contributed by atoms with Crippen molar-refractivity contribution in [1.82, 2.24) is 4.68 Å². The van der Waals surface area contributed by atoms with Gasteiger partial charge in [-0.05, 0) is 48.9 Å². The molecule has 0 aliphatic rings. The highest BCUT2D eigenvalue weighted by molar-refractivity contribution is 7.20. The number of aryl methyl sites for hydroxylation is 1. The zero-order chi connectivity index (χ0) is 19.0. The number of pyridine rings is 1. The van der Waals surface area contributed by atoms with Crippen molar-refractivity contribution in [2.24, 2.45) is 5.73 Å². The number of thiophene rings is 1. The van der Waals surface area contributed by atoms with Crippen LogP contribution in [0, 0.1) is 6.92 Å². The third-order valence-electron chi connectivity index (χ3n) is 4.24. The Labute approximate surface area is 159 Å². The van der Waals surface area contributed by atoms with Crippen LogP contribution < -0.4 is 16.3 Å². The van der Waals surface area contributed by atoms with Crippen LogP contribution in [0.2, 0.25) is 0 Å². The fourth-order valence-electron chi connectivity index (χ4n) is 3.03. The first-order valence-electron chi connectivity index (χ1n) is 8.42. The molecule has 0 bridgehead atoms. The predicted molar refractivity (Wildman–Crippen MR) is 110 cm³/mol. The first kappa shape index (κ1) is 17.1. The number of nitrogens with two attached hydrogens (primary N) is 1. The fourth-order valence-corrected chi connectivity index (χ4v) is 4.03. The molecule has 0 aliphatic heterocycles. The van der Waals surface area contributed by atoms with E-state index in [2.05, 4.69) is 0 Å². The van der Waals surface area contributed by atoms with Crippen molar-refractivity contribution in [3.63, 3.8) is 0 Å². The monoisotopic (exact) mass is 375 g/mol. The summed E-state index contributed by atoms with van der Waals surface area (Å²) < 4.78 is 1.59. The maximum absolute atomic E-state index is 12.9. The van der Waals surface area contributed by atoms with Gasteiger partial charge in [-0.1, -0.05) is 30.3 Å². The van der Waals surface area contributed by atoms with E-state index in [9.17, 15) is 9.59 Å². The van der Waals surface area contributed by atoms with Crippen LogP contribution in [0.25, 0.3) is 10.2 Å². The van der Waals surface area contributed by atoms with Crippen LogP contribution >= 0.6 is 11.3 Å². The molecule has 0 saturated carbocycles. The highest BCUT2D eigenvalue weighted by atomic mass is 32.1. The molecule has 0 spiro atoms. The van der Waals surface area contributed by atoms with Crippen molar-refractivity contribution < 1.29 is 4.79 Å². The van der Waals surface area contributed by atoms with Gasteiger partial charge in [0.15, 0.2) is 0 Å². The lowest BCUT2D eigenvalue weighted by Crippen LogP contribution is -2.34. The van der Waals surface area contributed by atoms with E-state index in [1.165, 1.54) is 17.4 Å². The van der Waals surface area contributed by atoms with Crippen molar-refractivity contribution in [3.05, 3.63) is 93.6 Å². The second kappa shape index (κ2) is 6.74. The van der Waals surface area contributed by atoms with Crippen LogP contribution in [-0.4, -0.2) is 10.6 Å². The Morgan fingerprint density at radius 1 is 0.963 bits per heavy atom. The molecule has 2 heterocycles. The van der Waals surface area contributed by atoms with Crippen LogP contribution in [0.1, 0.15) is 15.2 Å². The molecule has 1 amide bonds. The van der Waals surface area contributed by atoms with Crippen molar-refractivity contribution in [1.29, 1.82) is 0 Å². The lowest BCUT2D eigenvalue weighted by molar-refractivity contribution is 0.100. The second-order valence-corrected chi connectivity index (χ2v) is 7.24. The third-order valence-corrected chi connectivity index (χ3v) is 5.38. The molecule has 2 aromatic carbocycles. The largest absolute Gasteiger partial charge is 0.365 e. The minimum atomic E-state index is -0.503. The van der Waals surface area contributed by atoms with Crippen LogP contribution in [0.4, 0.5) is 11.4 Å². The van der Waals surface area contributed by atoms with Gasteiger partial charge in [-0.2, -0.15) is 0 Å². The van der Waals surface area contributed by atoms with Crippen molar-refractivity contribution in [2.45, 2.75) is 6.92 Å². The summed E-state index contributed by atoms with van der Waals surface area (Å²) in [7, 11) is 0. The van der Waals surface area contributed by atoms with Crippen LogP contribution in [-0.2, 0) is 0 Å². The van der Waals surface area contributed by atoms with Crippen molar-refractivity contribution >= 4 is 38.8 Å². The number of rotatable bonds is 4. The predicted octanol–water partition coefficient (Wildman–Crippen LogP) is 4.07. The number of benzene rings is 2. The molecule has 6 heteroatoms. The number of amides is 1. The van der Waals surface area contributed by atoms with Gasteiger partial charge in [0.05, 0.1) is 16.3 Å². The quantitative estimate of drug-likeness (QED) is 0.585. The molecule has 0 unspecified atom stereocenters. The van der Waals surface area contributed by atoms with Gasteiger partial charge in [0.2, 0.25) is 0 Å². The highest BCUT2D eigenvalue weighted by Gasteiger charge is 2.18. The van der Waals surface area contributed by atoms with E-state index in [1.807, 2.05) is 66.5 Å². The zero-order valence-electron chi connectivity index (χ0n) is 14.6. The van der Waals surface area contributed by atoms with E-state index in [-0.39, 0.29) is 5.56 Å². The number of carbonyl (C=O) groups is 1. The van der Waals surface area contributed by atoms with Crippen LogP contribution in [0.3, 0.4) is 0 Å². The van der Waals surface area contributed by atoms with E-state index in [0.29, 0.717) is 9.71 Å². The lowest BCUT2D eigenvalue weighted by atomic mass is 10.2. The Balaban J connectivity index is 2.05. The topological polar surface area (TPSA) is 68.3 Å². The number of anilines is 2. The lowest BCUT2D eigenvalue weighted by Gasteiger charge is -2.27. The summed E-state index contributed by atoms with van der Waals surface area (Å²) in [6.07, 6.45) is 0. The van der Waals surface area contributed by atoms with Gasteiger partial charge in [-0.15, -0.1) is 11.3 Å². The normalized spacial score (nSPS) is 10.9. The van der Waals surface area contributed by atoms with Crippen LogP contribution in [0.5, 0.6) is 0 Å². The molecular weight excluding hydrogens is 358 g/mol. The number of hydrogen-bond acceptors (Lipinski definition) is 4. The van der Waals surface area contributed by atoms with Gasteiger partial charge in [0.25, 0.3) is 11.5 Å². The number of primary amides is 1. The molecule has 2 aromatic heterocycles. The van der Waals surface area contributed by atoms with E-state index >= 15 is 0 Å². The van der Waals surface area contributed by atoms with Gasteiger partial charge in [-0.25, -0.2) is 9.69 Å². The molecule has 0 aliphatic carbocycles. The summed E-state index contributed by atoms with van der Waals surface area (Å²) in [6, 6.07) is 22.5. The maximum atomic E-state index is 12.9. The van der Waals surface area contributed by atoms with E-state index in [1.54, 1.807) is 16.8 Å². The van der Waals surface area contributed by atoms with Gasteiger partial charge < -0.3 is 5.73 Å². The Hall–Kier alpha value is -3.38. The Kier molecular flexibility index (Phi) is 4.25. The molecule has 0 radical (unpaired) electrons. The average Bonchev–Trinajstić information content (AvgIpc) is 3.10. The van der Waals surface area contributed by atoms with Crippen LogP contribution in [0.15, 0.2) is 77.6 Å². The minimum absolute atomic E-state index is 0.189. The molecule has 0 atom stereocenters. The van der Waals surface area contributed by atoms with E-state index in [4.69, 9.17) is 5.73 Å². The molecule has 0 fully saturated rings. The number of aromatic nitrogens is 1. The summed E-state index contributed by atoms with van der Waals surface area (Å²) >= 11 is 1.21. The number of carbonyl (C=O) groups excluding carboxylic acids is 1. The summed E-state index contributed by atoms with van der Waals surface area (Å²) in [4.78, 5) is 25.6. The van der Waals surface area contributed by atoms with E-state index < -0.39 is 5.91 Å².